The molecule has 0 aliphatic carbocycles. The van der Waals surface area contributed by atoms with Gasteiger partial charge in [0, 0.05) is 43.7 Å². The Morgan fingerprint density at radius 1 is 1.10 bits per heavy atom. The Balaban J connectivity index is 1.99. The second-order valence-corrected chi connectivity index (χ2v) is 5.42. The van der Waals surface area contributed by atoms with Crippen molar-refractivity contribution in [3.63, 3.8) is 0 Å². The molecule has 0 amide bonds. The molecule has 0 saturated heterocycles. The van der Waals surface area contributed by atoms with Gasteiger partial charge in [-0.05, 0) is 30.7 Å². The molecule has 2 aromatic rings. The lowest BCUT2D eigenvalue weighted by Crippen LogP contribution is -2.39. The second-order valence-electron chi connectivity index (χ2n) is 5.42. The van der Waals surface area contributed by atoms with E-state index in [4.69, 9.17) is 9.47 Å². The van der Waals surface area contributed by atoms with Crippen molar-refractivity contribution in [3.05, 3.63) is 47.8 Å². The molecule has 5 heteroatoms. The number of benzene rings is 1. The summed E-state index contributed by atoms with van der Waals surface area (Å²) in [6, 6.07) is 7.44. The molecule has 2 heterocycles. The Kier molecular flexibility index (Phi) is 3.05. The highest BCUT2D eigenvalue weighted by Crippen LogP contribution is 2.36. The molecule has 0 fully saturated rings. The van der Waals surface area contributed by atoms with E-state index in [0.29, 0.717) is 11.3 Å². The van der Waals surface area contributed by atoms with Gasteiger partial charge in [0.1, 0.15) is 11.3 Å². The third kappa shape index (κ3) is 2.67. The van der Waals surface area contributed by atoms with Crippen molar-refractivity contribution in [3.8, 4) is 5.75 Å². The highest BCUT2D eigenvalue weighted by atomic mass is 16.7. The number of carbonyl (C=O) groups excluding carboxylic acids is 1. The topological polar surface area (TPSA) is 60.5 Å². The number of hydrogen-bond acceptors (Lipinski definition) is 5. The monoisotopic (exact) mass is 284 g/mol. The second kappa shape index (κ2) is 4.77. The molecule has 1 aromatic heterocycles. The van der Waals surface area contributed by atoms with Crippen molar-refractivity contribution < 1.29 is 14.3 Å². The maximum Gasteiger partial charge on any atom is 0.345 e. The number of carbonyl (C=O) groups is 1. The summed E-state index contributed by atoms with van der Waals surface area (Å²) in [5.74, 6) is -0.770. The average Bonchev–Trinajstić information content (AvgIpc) is 2.37. The Labute approximate surface area is 122 Å². The molecule has 1 aromatic carbocycles. The van der Waals surface area contributed by atoms with Crippen molar-refractivity contribution in [1.29, 1.82) is 0 Å². The first-order valence-corrected chi connectivity index (χ1v) is 6.69. The molecular weight excluding hydrogens is 268 g/mol. The minimum Gasteiger partial charge on any atom is -0.452 e. The SMILES string of the molecule is Cc1cc(Nc2ccncc2)cc2c1C(=O)OC(C)(C)O2. The molecule has 0 atom stereocenters. The molecule has 1 aliphatic rings. The first-order chi connectivity index (χ1) is 9.94. The maximum absolute atomic E-state index is 12.1. The predicted octanol–water partition coefficient (Wildman–Crippen LogP) is 3.42. The van der Waals surface area contributed by atoms with Crippen LogP contribution in [0.4, 0.5) is 11.4 Å². The number of aryl methyl sites for hydroxylation is 1. The van der Waals surface area contributed by atoms with E-state index in [2.05, 4.69) is 10.3 Å². The Morgan fingerprint density at radius 3 is 2.52 bits per heavy atom. The number of cyclic esters (lactones) is 1. The molecule has 0 radical (unpaired) electrons. The summed E-state index contributed by atoms with van der Waals surface area (Å²) in [6.07, 6.45) is 3.43. The van der Waals surface area contributed by atoms with Gasteiger partial charge >= 0.3 is 5.97 Å². The van der Waals surface area contributed by atoms with Crippen LogP contribution in [0.2, 0.25) is 0 Å². The third-order valence-corrected chi connectivity index (χ3v) is 3.17. The summed E-state index contributed by atoms with van der Waals surface area (Å²) >= 11 is 0. The van der Waals surface area contributed by atoms with E-state index < -0.39 is 5.79 Å². The molecule has 0 spiro atoms. The highest BCUT2D eigenvalue weighted by Gasteiger charge is 2.35. The number of pyridine rings is 1. The van der Waals surface area contributed by atoms with Crippen molar-refractivity contribution in [1.82, 2.24) is 4.98 Å². The van der Waals surface area contributed by atoms with Crippen LogP contribution in [0.15, 0.2) is 36.7 Å². The lowest BCUT2D eigenvalue weighted by molar-refractivity contribution is -0.127. The first kappa shape index (κ1) is 13.4. The fourth-order valence-corrected chi connectivity index (χ4v) is 2.33. The largest absolute Gasteiger partial charge is 0.452 e. The molecule has 1 N–H and O–H groups in total. The molecule has 0 bridgehead atoms. The van der Waals surface area contributed by atoms with E-state index in [9.17, 15) is 4.79 Å². The molecule has 21 heavy (non-hydrogen) atoms. The van der Waals surface area contributed by atoms with Gasteiger partial charge in [-0.3, -0.25) is 4.98 Å². The number of hydrogen-bond donors (Lipinski definition) is 1. The summed E-state index contributed by atoms with van der Waals surface area (Å²) in [7, 11) is 0. The minimum absolute atomic E-state index is 0.353. The van der Waals surface area contributed by atoms with Crippen LogP contribution in [-0.4, -0.2) is 16.7 Å². The van der Waals surface area contributed by atoms with Gasteiger partial charge in [-0.25, -0.2) is 4.79 Å². The van der Waals surface area contributed by atoms with Gasteiger partial charge in [-0.2, -0.15) is 0 Å². The van der Waals surface area contributed by atoms with E-state index in [1.54, 1.807) is 26.2 Å². The number of anilines is 2. The first-order valence-electron chi connectivity index (χ1n) is 6.69. The molecule has 1 aliphatic heterocycles. The summed E-state index contributed by atoms with van der Waals surface area (Å²) in [6.45, 7) is 5.29. The van der Waals surface area contributed by atoms with Crippen molar-refractivity contribution in [2.75, 3.05) is 5.32 Å². The van der Waals surface area contributed by atoms with Crippen LogP contribution < -0.4 is 10.1 Å². The van der Waals surface area contributed by atoms with Crippen molar-refractivity contribution >= 4 is 17.3 Å². The number of esters is 1. The number of rotatable bonds is 2. The van der Waals surface area contributed by atoms with Gasteiger partial charge in [-0.15, -0.1) is 0 Å². The van der Waals surface area contributed by atoms with Crippen LogP contribution in [-0.2, 0) is 4.74 Å². The summed E-state index contributed by atoms with van der Waals surface area (Å²) in [5, 5.41) is 3.26. The van der Waals surface area contributed by atoms with Gasteiger partial charge < -0.3 is 14.8 Å². The molecular formula is C16H16N2O3. The maximum atomic E-state index is 12.1. The van der Waals surface area contributed by atoms with E-state index in [-0.39, 0.29) is 5.97 Å². The van der Waals surface area contributed by atoms with Crippen LogP contribution >= 0.6 is 0 Å². The van der Waals surface area contributed by atoms with Crippen LogP contribution in [0, 0.1) is 6.92 Å². The molecule has 5 nitrogen and oxygen atoms in total. The fourth-order valence-electron chi connectivity index (χ4n) is 2.33. The van der Waals surface area contributed by atoms with E-state index in [1.807, 2.05) is 31.2 Å². The van der Waals surface area contributed by atoms with Gasteiger partial charge in [-0.1, -0.05) is 0 Å². The van der Waals surface area contributed by atoms with Crippen molar-refractivity contribution in [2.45, 2.75) is 26.6 Å². The van der Waals surface area contributed by atoms with Gasteiger partial charge in [0.15, 0.2) is 0 Å². The third-order valence-electron chi connectivity index (χ3n) is 3.17. The van der Waals surface area contributed by atoms with Crippen LogP contribution in [0.3, 0.4) is 0 Å². The lowest BCUT2D eigenvalue weighted by Gasteiger charge is -2.32. The zero-order valence-electron chi connectivity index (χ0n) is 12.1. The summed E-state index contributed by atoms with van der Waals surface area (Å²) in [4.78, 5) is 16.0. The van der Waals surface area contributed by atoms with Gasteiger partial charge in [0.05, 0.1) is 0 Å². The molecule has 0 saturated carbocycles. The zero-order chi connectivity index (χ0) is 15.0. The van der Waals surface area contributed by atoms with E-state index >= 15 is 0 Å². The Hall–Kier alpha value is -2.56. The highest BCUT2D eigenvalue weighted by molar-refractivity contribution is 5.96. The van der Waals surface area contributed by atoms with Crippen LogP contribution in [0.5, 0.6) is 5.75 Å². The normalized spacial score (nSPS) is 15.7. The summed E-state index contributed by atoms with van der Waals surface area (Å²) < 4.78 is 11.0. The zero-order valence-corrected chi connectivity index (χ0v) is 12.1. The lowest BCUT2D eigenvalue weighted by atomic mass is 10.0. The quantitative estimate of drug-likeness (QED) is 0.856. The van der Waals surface area contributed by atoms with Gasteiger partial charge in [0.2, 0.25) is 5.79 Å². The standard InChI is InChI=1S/C16H16N2O3/c1-10-8-12(18-11-4-6-17-7-5-11)9-13-14(10)15(19)21-16(2,3)20-13/h4-9H,1-3H3,(H,17,18). The number of nitrogens with one attached hydrogen (secondary N) is 1. The Bertz CT molecular complexity index is 696. The molecule has 3 rings (SSSR count). The Morgan fingerprint density at radius 2 is 1.81 bits per heavy atom. The molecule has 0 unspecified atom stereocenters. The number of ether oxygens (including phenoxy) is 2. The molecule has 108 valence electrons. The van der Waals surface area contributed by atoms with E-state index in [0.717, 1.165) is 16.9 Å². The van der Waals surface area contributed by atoms with Crippen LogP contribution in [0.25, 0.3) is 0 Å². The smallest absolute Gasteiger partial charge is 0.345 e. The predicted molar refractivity (Wildman–Crippen MR) is 78.8 cm³/mol. The number of nitrogens with zero attached hydrogens (tertiary/aromatic N) is 1. The minimum atomic E-state index is -0.953. The van der Waals surface area contributed by atoms with Crippen molar-refractivity contribution in [2.24, 2.45) is 0 Å². The van der Waals surface area contributed by atoms with E-state index in [1.165, 1.54) is 0 Å². The number of fused-ring (bicyclic) bond motifs is 1. The van der Waals surface area contributed by atoms with Gasteiger partial charge in [0.25, 0.3) is 0 Å². The number of aromatic nitrogens is 1. The van der Waals surface area contributed by atoms with Crippen LogP contribution in [0.1, 0.15) is 29.8 Å². The summed E-state index contributed by atoms with van der Waals surface area (Å²) in [5.41, 5.74) is 3.06. The average molecular weight is 284 g/mol. The fraction of sp³-hybridized carbons (Fsp3) is 0.250.